The maximum absolute atomic E-state index is 12.2. The highest BCUT2D eigenvalue weighted by molar-refractivity contribution is 7.98. The first-order valence-corrected chi connectivity index (χ1v) is 8.68. The standard InChI is InChI=1S/C18H16N2O3S/c1-22-17-15-11-24-8-7-13(15)14(9-19)18(20-17)23-10-16(21)12-5-3-2-4-6-12/h2-6H,7-8,10-11H2,1H3. The number of carbonyl (C=O) groups excluding carboxylic acids is 1. The molecule has 5 nitrogen and oxygen atoms in total. The van der Waals surface area contributed by atoms with Gasteiger partial charge in [-0.25, -0.2) is 0 Å². The number of ether oxygens (including phenoxy) is 2. The van der Waals surface area contributed by atoms with Crippen LogP contribution < -0.4 is 9.47 Å². The smallest absolute Gasteiger partial charge is 0.235 e. The lowest BCUT2D eigenvalue weighted by Crippen LogP contribution is -2.16. The summed E-state index contributed by atoms with van der Waals surface area (Å²) in [5.74, 6) is 2.19. The van der Waals surface area contributed by atoms with Crippen LogP contribution in [0.5, 0.6) is 11.8 Å². The topological polar surface area (TPSA) is 72.2 Å². The first-order valence-electron chi connectivity index (χ1n) is 7.53. The van der Waals surface area contributed by atoms with Crippen molar-refractivity contribution in [1.82, 2.24) is 4.98 Å². The number of rotatable bonds is 5. The number of methoxy groups -OCH3 is 1. The number of pyridine rings is 1. The van der Waals surface area contributed by atoms with Gasteiger partial charge in [0.15, 0.2) is 12.4 Å². The molecule has 0 fully saturated rings. The second-order valence-electron chi connectivity index (χ2n) is 5.25. The van der Waals surface area contributed by atoms with Crippen LogP contribution in [-0.4, -0.2) is 30.2 Å². The minimum Gasteiger partial charge on any atom is -0.481 e. The molecular formula is C18H16N2O3S. The van der Waals surface area contributed by atoms with Crippen LogP contribution in [0.25, 0.3) is 0 Å². The second-order valence-corrected chi connectivity index (χ2v) is 6.36. The molecule has 0 aliphatic carbocycles. The number of fused-ring (bicyclic) bond motifs is 1. The maximum Gasteiger partial charge on any atom is 0.235 e. The molecule has 2 heterocycles. The molecule has 0 N–H and O–H groups in total. The number of hydrogen-bond acceptors (Lipinski definition) is 6. The Morgan fingerprint density at radius 1 is 1.29 bits per heavy atom. The van der Waals surface area contributed by atoms with E-state index in [9.17, 15) is 10.1 Å². The number of Topliss-reactive ketones (excluding diaryl/α,β-unsaturated/α-hetero) is 1. The van der Waals surface area contributed by atoms with E-state index in [1.165, 1.54) is 0 Å². The number of carbonyl (C=O) groups is 1. The lowest BCUT2D eigenvalue weighted by Gasteiger charge is -2.20. The fraction of sp³-hybridized carbons (Fsp3) is 0.278. The van der Waals surface area contributed by atoms with Gasteiger partial charge in [0.05, 0.1) is 7.11 Å². The predicted molar refractivity (Wildman–Crippen MR) is 91.6 cm³/mol. The van der Waals surface area contributed by atoms with Gasteiger partial charge in [0, 0.05) is 16.9 Å². The molecule has 0 atom stereocenters. The summed E-state index contributed by atoms with van der Waals surface area (Å²) in [7, 11) is 1.55. The third kappa shape index (κ3) is 3.22. The molecule has 1 aliphatic heterocycles. The summed E-state index contributed by atoms with van der Waals surface area (Å²) in [5.41, 5.74) is 2.85. The van der Waals surface area contributed by atoms with Crippen LogP contribution >= 0.6 is 11.8 Å². The monoisotopic (exact) mass is 340 g/mol. The van der Waals surface area contributed by atoms with E-state index < -0.39 is 0 Å². The van der Waals surface area contributed by atoms with Crippen molar-refractivity contribution in [2.75, 3.05) is 19.5 Å². The number of nitriles is 1. The highest BCUT2D eigenvalue weighted by Crippen LogP contribution is 2.36. The Hall–Kier alpha value is -2.52. The van der Waals surface area contributed by atoms with Gasteiger partial charge in [0.2, 0.25) is 11.8 Å². The molecule has 0 bridgehead atoms. The van der Waals surface area contributed by atoms with Crippen LogP contribution in [0.3, 0.4) is 0 Å². The Bertz CT molecular complexity index is 800. The van der Waals surface area contributed by atoms with E-state index in [0.29, 0.717) is 17.0 Å². The van der Waals surface area contributed by atoms with Crippen LogP contribution in [-0.2, 0) is 12.2 Å². The van der Waals surface area contributed by atoms with E-state index in [0.717, 1.165) is 29.1 Å². The van der Waals surface area contributed by atoms with Crippen molar-refractivity contribution in [3.63, 3.8) is 0 Å². The number of ketones is 1. The molecule has 2 aromatic rings. The van der Waals surface area contributed by atoms with Gasteiger partial charge in [-0.2, -0.15) is 22.0 Å². The predicted octanol–water partition coefficient (Wildman–Crippen LogP) is 3.01. The average molecular weight is 340 g/mol. The van der Waals surface area contributed by atoms with Crippen molar-refractivity contribution >= 4 is 17.5 Å². The number of aromatic nitrogens is 1. The van der Waals surface area contributed by atoms with E-state index in [1.807, 2.05) is 6.07 Å². The maximum atomic E-state index is 12.2. The third-order valence-electron chi connectivity index (χ3n) is 3.82. The van der Waals surface area contributed by atoms with Crippen molar-refractivity contribution in [2.45, 2.75) is 12.2 Å². The summed E-state index contributed by atoms with van der Waals surface area (Å²) in [5, 5.41) is 9.52. The van der Waals surface area contributed by atoms with E-state index in [-0.39, 0.29) is 18.3 Å². The van der Waals surface area contributed by atoms with Crippen LogP contribution in [0.4, 0.5) is 0 Å². The molecule has 0 unspecified atom stereocenters. The molecule has 0 radical (unpaired) electrons. The van der Waals surface area contributed by atoms with Gasteiger partial charge < -0.3 is 9.47 Å². The molecule has 122 valence electrons. The minimum absolute atomic E-state index is 0.159. The fourth-order valence-electron chi connectivity index (χ4n) is 2.63. The summed E-state index contributed by atoms with van der Waals surface area (Å²) in [4.78, 5) is 16.5. The second kappa shape index (κ2) is 7.37. The zero-order valence-electron chi connectivity index (χ0n) is 13.2. The third-order valence-corrected chi connectivity index (χ3v) is 4.81. The van der Waals surface area contributed by atoms with Crippen molar-refractivity contribution in [3.8, 4) is 17.8 Å². The van der Waals surface area contributed by atoms with Gasteiger partial charge >= 0.3 is 0 Å². The van der Waals surface area contributed by atoms with Crippen molar-refractivity contribution in [2.24, 2.45) is 0 Å². The van der Waals surface area contributed by atoms with Gasteiger partial charge in [0.25, 0.3) is 0 Å². The number of thioether (sulfide) groups is 1. The van der Waals surface area contributed by atoms with Gasteiger partial charge in [-0.1, -0.05) is 30.3 Å². The van der Waals surface area contributed by atoms with Crippen molar-refractivity contribution in [3.05, 3.63) is 52.6 Å². The minimum atomic E-state index is -0.164. The number of hydrogen-bond donors (Lipinski definition) is 0. The molecule has 3 rings (SSSR count). The summed E-state index contributed by atoms with van der Waals surface area (Å²) in [6.07, 6.45) is 0.769. The van der Waals surface area contributed by atoms with Gasteiger partial charge in [0.1, 0.15) is 11.6 Å². The molecular weight excluding hydrogens is 324 g/mol. The van der Waals surface area contributed by atoms with Gasteiger partial charge in [-0.3, -0.25) is 4.79 Å². The zero-order valence-corrected chi connectivity index (χ0v) is 14.1. The molecule has 0 spiro atoms. The molecule has 0 saturated heterocycles. The van der Waals surface area contributed by atoms with Gasteiger partial charge in [-0.15, -0.1) is 0 Å². The molecule has 0 amide bonds. The lowest BCUT2D eigenvalue weighted by atomic mass is 10.0. The quantitative estimate of drug-likeness (QED) is 0.779. The van der Waals surface area contributed by atoms with E-state index in [2.05, 4.69) is 11.1 Å². The van der Waals surface area contributed by atoms with Gasteiger partial charge in [-0.05, 0) is 17.7 Å². The van der Waals surface area contributed by atoms with Crippen LogP contribution in [0.2, 0.25) is 0 Å². The fourth-order valence-corrected chi connectivity index (χ4v) is 3.62. The summed E-state index contributed by atoms with van der Waals surface area (Å²) < 4.78 is 10.9. The number of benzene rings is 1. The van der Waals surface area contributed by atoms with Crippen LogP contribution in [0.1, 0.15) is 27.0 Å². The average Bonchev–Trinajstić information content (AvgIpc) is 2.65. The van der Waals surface area contributed by atoms with E-state index in [4.69, 9.17) is 9.47 Å². The Morgan fingerprint density at radius 3 is 2.79 bits per heavy atom. The first kappa shape index (κ1) is 16.3. The molecule has 6 heteroatoms. The zero-order chi connectivity index (χ0) is 16.9. The van der Waals surface area contributed by atoms with Crippen molar-refractivity contribution < 1.29 is 14.3 Å². The molecule has 1 aliphatic rings. The Morgan fingerprint density at radius 2 is 2.08 bits per heavy atom. The molecule has 1 aromatic heterocycles. The molecule has 1 aromatic carbocycles. The summed E-state index contributed by atoms with van der Waals surface area (Å²) in [6.45, 7) is -0.164. The Balaban J connectivity index is 1.88. The largest absolute Gasteiger partial charge is 0.481 e. The molecule has 24 heavy (non-hydrogen) atoms. The summed E-state index contributed by atoms with van der Waals surface area (Å²) >= 11 is 1.78. The van der Waals surface area contributed by atoms with Crippen LogP contribution in [0.15, 0.2) is 30.3 Å². The van der Waals surface area contributed by atoms with Crippen molar-refractivity contribution in [1.29, 1.82) is 5.26 Å². The molecule has 0 saturated carbocycles. The normalized spacial score (nSPS) is 12.8. The SMILES string of the molecule is COc1nc(OCC(=O)c2ccccc2)c(C#N)c2c1CSCC2. The van der Waals surface area contributed by atoms with Crippen LogP contribution in [0, 0.1) is 11.3 Å². The van der Waals surface area contributed by atoms with E-state index >= 15 is 0 Å². The highest BCUT2D eigenvalue weighted by Gasteiger charge is 2.24. The Kier molecular flexibility index (Phi) is 5.02. The Labute approximate surface area is 144 Å². The summed E-state index contributed by atoms with van der Waals surface area (Å²) in [6, 6.07) is 11.1. The lowest BCUT2D eigenvalue weighted by molar-refractivity contribution is 0.0917. The number of nitrogens with zero attached hydrogens (tertiary/aromatic N) is 2. The highest BCUT2D eigenvalue weighted by atomic mass is 32.2. The first-order chi connectivity index (χ1) is 11.7. The van der Waals surface area contributed by atoms with E-state index in [1.54, 1.807) is 43.1 Å².